The molecule has 1 unspecified atom stereocenters. The van der Waals surface area contributed by atoms with Crippen molar-refractivity contribution in [3.63, 3.8) is 0 Å². The van der Waals surface area contributed by atoms with Gasteiger partial charge in [-0.05, 0) is 22.6 Å². The van der Waals surface area contributed by atoms with Crippen LogP contribution in [0.3, 0.4) is 0 Å². The molecule has 1 atom stereocenters. The second kappa shape index (κ2) is 5.40. The second-order valence-electron chi connectivity index (χ2n) is 5.43. The first-order chi connectivity index (χ1) is 8.25. The van der Waals surface area contributed by atoms with Gasteiger partial charge in [-0.1, -0.05) is 32.9 Å². The van der Waals surface area contributed by atoms with Gasteiger partial charge in [0.25, 0.3) is 0 Å². The molecule has 0 radical (unpaired) electrons. The van der Waals surface area contributed by atoms with Crippen LogP contribution in [0.1, 0.15) is 31.9 Å². The summed E-state index contributed by atoms with van der Waals surface area (Å²) in [6.07, 6.45) is 0.266. The zero-order valence-electron chi connectivity index (χ0n) is 11.4. The van der Waals surface area contributed by atoms with Crippen LogP contribution < -0.4 is 10.5 Å². The summed E-state index contributed by atoms with van der Waals surface area (Å²) in [5.74, 6) is -0.321. The van der Waals surface area contributed by atoms with Crippen molar-refractivity contribution in [2.45, 2.75) is 38.6 Å². The summed E-state index contributed by atoms with van der Waals surface area (Å²) in [7, 11) is 1.57. The standard InChI is InChI=1S/C14H21NO3/c1-14(2,3)10-5-6-12(18-4)9(7-10)8-11(15)13(16)17/h5-7,11H,8,15H2,1-4H3,(H,16,17). The maximum atomic E-state index is 10.8. The molecule has 0 amide bonds. The zero-order chi connectivity index (χ0) is 13.9. The van der Waals surface area contributed by atoms with Crippen molar-refractivity contribution in [1.82, 2.24) is 0 Å². The Labute approximate surface area is 108 Å². The molecule has 0 bridgehead atoms. The van der Waals surface area contributed by atoms with Crippen molar-refractivity contribution in [3.05, 3.63) is 29.3 Å². The summed E-state index contributed by atoms with van der Waals surface area (Å²) in [6.45, 7) is 6.32. The Morgan fingerprint density at radius 3 is 2.50 bits per heavy atom. The van der Waals surface area contributed by atoms with Crippen LogP contribution in [-0.4, -0.2) is 24.2 Å². The van der Waals surface area contributed by atoms with Crippen LogP contribution in [0.4, 0.5) is 0 Å². The van der Waals surface area contributed by atoms with E-state index in [1.54, 1.807) is 7.11 Å². The van der Waals surface area contributed by atoms with Gasteiger partial charge in [0.1, 0.15) is 11.8 Å². The van der Waals surface area contributed by atoms with Gasteiger partial charge >= 0.3 is 5.97 Å². The van der Waals surface area contributed by atoms with Crippen molar-refractivity contribution in [3.8, 4) is 5.75 Å². The Kier molecular flexibility index (Phi) is 4.35. The average molecular weight is 251 g/mol. The number of hydrogen-bond donors (Lipinski definition) is 2. The quantitative estimate of drug-likeness (QED) is 0.857. The number of carbonyl (C=O) groups is 1. The number of ether oxygens (including phenoxy) is 1. The van der Waals surface area contributed by atoms with E-state index in [0.717, 1.165) is 11.1 Å². The first-order valence-corrected chi connectivity index (χ1v) is 5.91. The Morgan fingerprint density at radius 2 is 2.06 bits per heavy atom. The molecule has 4 nitrogen and oxygen atoms in total. The molecule has 1 rings (SSSR count). The first kappa shape index (κ1) is 14.5. The Hall–Kier alpha value is -1.55. The number of rotatable bonds is 4. The highest BCUT2D eigenvalue weighted by Gasteiger charge is 2.19. The van der Waals surface area contributed by atoms with Gasteiger partial charge in [-0.3, -0.25) is 4.79 Å². The van der Waals surface area contributed by atoms with E-state index in [0.29, 0.717) is 5.75 Å². The lowest BCUT2D eigenvalue weighted by Crippen LogP contribution is -2.32. The topological polar surface area (TPSA) is 72.5 Å². The summed E-state index contributed by atoms with van der Waals surface area (Å²) in [6, 6.07) is 4.93. The number of carboxylic acids is 1. The van der Waals surface area contributed by atoms with E-state index < -0.39 is 12.0 Å². The molecule has 4 heteroatoms. The van der Waals surface area contributed by atoms with Crippen LogP contribution in [0.5, 0.6) is 5.75 Å². The van der Waals surface area contributed by atoms with E-state index in [4.69, 9.17) is 15.6 Å². The Balaban J connectivity index is 3.10. The number of carboxylic acid groups (broad SMARTS) is 1. The van der Waals surface area contributed by atoms with Crippen molar-refractivity contribution < 1.29 is 14.6 Å². The van der Waals surface area contributed by atoms with E-state index in [1.165, 1.54) is 0 Å². The Morgan fingerprint density at radius 1 is 1.44 bits per heavy atom. The first-order valence-electron chi connectivity index (χ1n) is 5.91. The third kappa shape index (κ3) is 3.47. The molecule has 1 aromatic carbocycles. The zero-order valence-corrected chi connectivity index (χ0v) is 11.4. The van der Waals surface area contributed by atoms with Crippen LogP contribution in [0.25, 0.3) is 0 Å². The van der Waals surface area contributed by atoms with Crippen molar-refractivity contribution in [2.75, 3.05) is 7.11 Å². The van der Waals surface area contributed by atoms with E-state index in [9.17, 15) is 4.79 Å². The molecule has 0 aliphatic carbocycles. The van der Waals surface area contributed by atoms with Gasteiger partial charge in [0.05, 0.1) is 7.11 Å². The van der Waals surface area contributed by atoms with E-state index in [-0.39, 0.29) is 11.8 Å². The highest BCUT2D eigenvalue weighted by atomic mass is 16.5. The van der Waals surface area contributed by atoms with Gasteiger partial charge in [0, 0.05) is 6.42 Å². The van der Waals surface area contributed by atoms with Gasteiger partial charge in [0.2, 0.25) is 0 Å². The minimum absolute atomic E-state index is 0.00827. The maximum absolute atomic E-state index is 10.8. The Bertz CT molecular complexity index is 435. The van der Waals surface area contributed by atoms with E-state index in [1.807, 2.05) is 18.2 Å². The minimum Gasteiger partial charge on any atom is -0.496 e. The molecule has 100 valence electrons. The molecule has 1 aromatic rings. The van der Waals surface area contributed by atoms with Crippen LogP contribution in [0, 0.1) is 0 Å². The van der Waals surface area contributed by atoms with Gasteiger partial charge in [-0.2, -0.15) is 0 Å². The second-order valence-corrected chi connectivity index (χ2v) is 5.43. The molecule has 0 saturated heterocycles. The normalized spacial score (nSPS) is 13.2. The maximum Gasteiger partial charge on any atom is 0.320 e. The van der Waals surface area contributed by atoms with Crippen LogP contribution in [0.15, 0.2) is 18.2 Å². The molecule has 0 aromatic heterocycles. The van der Waals surface area contributed by atoms with Crippen molar-refractivity contribution in [1.29, 1.82) is 0 Å². The lowest BCUT2D eigenvalue weighted by molar-refractivity contribution is -0.138. The highest BCUT2D eigenvalue weighted by Crippen LogP contribution is 2.28. The smallest absolute Gasteiger partial charge is 0.320 e. The number of benzene rings is 1. The largest absolute Gasteiger partial charge is 0.496 e. The number of nitrogens with two attached hydrogens (primary N) is 1. The number of hydrogen-bond acceptors (Lipinski definition) is 3. The lowest BCUT2D eigenvalue weighted by Gasteiger charge is -2.21. The molecule has 0 fully saturated rings. The molecular weight excluding hydrogens is 230 g/mol. The van der Waals surface area contributed by atoms with Gasteiger partial charge in [0.15, 0.2) is 0 Å². The lowest BCUT2D eigenvalue weighted by atomic mass is 9.85. The average Bonchev–Trinajstić information content (AvgIpc) is 2.27. The van der Waals surface area contributed by atoms with E-state index >= 15 is 0 Å². The molecular formula is C14H21NO3. The number of methoxy groups -OCH3 is 1. The molecule has 0 spiro atoms. The van der Waals surface area contributed by atoms with Crippen LogP contribution >= 0.6 is 0 Å². The van der Waals surface area contributed by atoms with Crippen LogP contribution in [-0.2, 0) is 16.6 Å². The SMILES string of the molecule is COc1ccc(C(C)(C)C)cc1CC(N)C(=O)O. The summed E-state index contributed by atoms with van der Waals surface area (Å²) in [5, 5.41) is 8.87. The molecule has 0 aliphatic heterocycles. The minimum atomic E-state index is -1.00. The number of aliphatic carboxylic acids is 1. The van der Waals surface area contributed by atoms with Gasteiger partial charge in [-0.25, -0.2) is 0 Å². The molecule has 0 heterocycles. The van der Waals surface area contributed by atoms with Crippen molar-refractivity contribution >= 4 is 5.97 Å². The third-order valence-electron chi connectivity index (χ3n) is 2.90. The van der Waals surface area contributed by atoms with E-state index in [2.05, 4.69) is 20.8 Å². The fourth-order valence-corrected chi connectivity index (χ4v) is 1.73. The summed E-state index contributed by atoms with van der Waals surface area (Å²) < 4.78 is 5.25. The molecule has 18 heavy (non-hydrogen) atoms. The van der Waals surface area contributed by atoms with Gasteiger partial charge < -0.3 is 15.6 Å². The fourth-order valence-electron chi connectivity index (χ4n) is 1.73. The molecule has 0 aliphatic rings. The van der Waals surface area contributed by atoms with Crippen molar-refractivity contribution in [2.24, 2.45) is 5.73 Å². The predicted octanol–water partition coefficient (Wildman–Crippen LogP) is 1.95. The summed E-state index contributed by atoms with van der Waals surface area (Å²) in [4.78, 5) is 10.8. The monoisotopic (exact) mass is 251 g/mol. The third-order valence-corrected chi connectivity index (χ3v) is 2.90. The van der Waals surface area contributed by atoms with Crippen LogP contribution in [0.2, 0.25) is 0 Å². The highest BCUT2D eigenvalue weighted by molar-refractivity contribution is 5.73. The molecule has 0 saturated carbocycles. The molecule has 3 N–H and O–H groups in total. The summed E-state index contributed by atoms with van der Waals surface area (Å²) >= 11 is 0. The predicted molar refractivity (Wildman–Crippen MR) is 71.0 cm³/mol. The van der Waals surface area contributed by atoms with Gasteiger partial charge in [-0.15, -0.1) is 0 Å². The summed E-state index contributed by atoms with van der Waals surface area (Å²) in [5.41, 5.74) is 7.55. The fraction of sp³-hybridized carbons (Fsp3) is 0.500.